The third kappa shape index (κ3) is 2.89. The summed E-state index contributed by atoms with van der Waals surface area (Å²) in [4.78, 5) is 10.8. The van der Waals surface area contributed by atoms with Crippen molar-refractivity contribution in [1.29, 1.82) is 0 Å². The summed E-state index contributed by atoms with van der Waals surface area (Å²) in [7, 11) is -1.76. The maximum absolute atomic E-state index is 10.8. The summed E-state index contributed by atoms with van der Waals surface area (Å²) >= 11 is 0. The number of nitrogens with zero attached hydrogens (tertiary/aromatic N) is 1. The van der Waals surface area contributed by atoms with Crippen molar-refractivity contribution in [1.82, 2.24) is 5.06 Å². The predicted octanol–water partition coefficient (Wildman–Crippen LogP) is 2.59. The lowest BCUT2D eigenvalue weighted by Crippen LogP contribution is -2.48. The summed E-state index contributed by atoms with van der Waals surface area (Å²) in [6.45, 7) is 12.0. The Bertz CT molecular complexity index is 235. The van der Waals surface area contributed by atoms with Gasteiger partial charge in [-0.25, -0.2) is 0 Å². The quantitative estimate of drug-likeness (QED) is 0.550. The Balaban J connectivity index is 2.64. The van der Waals surface area contributed by atoms with E-state index in [2.05, 4.69) is 33.9 Å². The summed E-state index contributed by atoms with van der Waals surface area (Å²) in [5.41, 5.74) is 0. The highest BCUT2D eigenvalue weighted by Crippen LogP contribution is 2.38. The van der Waals surface area contributed by atoms with E-state index in [9.17, 15) is 4.79 Å². The summed E-state index contributed by atoms with van der Waals surface area (Å²) < 4.78 is 6.11. The molecule has 4 heteroatoms. The second kappa shape index (κ2) is 4.35. The van der Waals surface area contributed by atoms with Gasteiger partial charge in [-0.3, -0.25) is 0 Å². The SMILES string of the molecule is CC(C)(C)[Si](C)(C)ON1CCCC1C=O. The zero-order chi connectivity index (χ0) is 11.7. The fraction of sp³-hybridized carbons (Fsp3) is 0.909. The number of hydrogen-bond donors (Lipinski definition) is 0. The second-order valence-electron chi connectivity index (χ2n) is 5.84. The molecule has 0 radical (unpaired) electrons. The van der Waals surface area contributed by atoms with Crippen molar-refractivity contribution in [3.05, 3.63) is 0 Å². The molecule has 1 rings (SSSR count). The summed E-state index contributed by atoms with van der Waals surface area (Å²) in [6, 6.07) is -0.0147. The van der Waals surface area contributed by atoms with Gasteiger partial charge < -0.3 is 9.32 Å². The van der Waals surface area contributed by atoms with Crippen LogP contribution in [-0.4, -0.2) is 32.3 Å². The van der Waals surface area contributed by atoms with E-state index in [4.69, 9.17) is 4.53 Å². The van der Waals surface area contributed by atoms with Gasteiger partial charge in [-0.2, -0.15) is 5.06 Å². The van der Waals surface area contributed by atoms with Crippen LogP contribution in [-0.2, 0) is 9.32 Å². The smallest absolute Gasteiger partial charge is 0.220 e. The minimum absolute atomic E-state index is 0.0147. The molecule has 1 fully saturated rings. The van der Waals surface area contributed by atoms with E-state index < -0.39 is 8.32 Å². The van der Waals surface area contributed by atoms with Gasteiger partial charge in [0.1, 0.15) is 6.29 Å². The molecule has 1 saturated heterocycles. The van der Waals surface area contributed by atoms with Gasteiger partial charge in [0.05, 0.1) is 6.04 Å². The molecule has 0 aromatic heterocycles. The Morgan fingerprint density at radius 3 is 2.47 bits per heavy atom. The van der Waals surface area contributed by atoms with E-state index in [1.807, 2.05) is 5.06 Å². The number of rotatable bonds is 3. The largest absolute Gasteiger partial charge is 0.342 e. The molecular weight excluding hydrogens is 206 g/mol. The monoisotopic (exact) mass is 229 g/mol. The molecule has 1 aliphatic heterocycles. The van der Waals surface area contributed by atoms with E-state index in [0.717, 1.165) is 25.7 Å². The average molecular weight is 229 g/mol. The molecule has 0 aromatic carbocycles. The molecule has 0 N–H and O–H groups in total. The minimum Gasteiger partial charge on any atom is -0.342 e. The van der Waals surface area contributed by atoms with Crippen molar-refractivity contribution in [3.8, 4) is 0 Å². The zero-order valence-electron chi connectivity index (χ0n) is 10.5. The molecule has 0 aromatic rings. The number of aldehydes is 1. The highest BCUT2D eigenvalue weighted by atomic mass is 28.4. The number of carbonyl (C=O) groups excluding carboxylic acids is 1. The molecule has 0 amide bonds. The van der Waals surface area contributed by atoms with Gasteiger partial charge in [-0.1, -0.05) is 20.8 Å². The highest BCUT2D eigenvalue weighted by Gasteiger charge is 2.41. The molecule has 0 spiro atoms. The molecule has 1 unspecified atom stereocenters. The third-order valence-electron chi connectivity index (χ3n) is 3.56. The Kier molecular flexibility index (Phi) is 3.74. The molecule has 0 aliphatic carbocycles. The lowest BCUT2D eigenvalue weighted by Gasteiger charge is -2.39. The van der Waals surface area contributed by atoms with Gasteiger partial charge in [-0.15, -0.1) is 0 Å². The van der Waals surface area contributed by atoms with Crippen LogP contribution in [0.3, 0.4) is 0 Å². The Hall–Kier alpha value is -0.193. The molecule has 15 heavy (non-hydrogen) atoms. The average Bonchev–Trinajstić information content (AvgIpc) is 2.48. The van der Waals surface area contributed by atoms with Crippen molar-refractivity contribution in [2.75, 3.05) is 6.54 Å². The molecule has 0 saturated carbocycles. The minimum atomic E-state index is -1.76. The molecule has 0 bridgehead atoms. The third-order valence-corrected chi connectivity index (χ3v) is 7.86. The van der Waals surface area contributed by atoms with Gasteiger partial charge in [0.25, 0.3) is 0 Å². The van der Waals surface area contributed by atoms with E-state index in [1.54, 1.807) is 0 Å². The molecule has 3 nitrogen and oxygen atoms in total. The molecular formula is C11H23NO2Si. The maximum atomic E-state index is 10.8. The molecule has 1 aliphatic rings. The Morgan fingerprint density at radius 1 is 1.40 bits per heavy atom. The standard InChI is InChI=1S/C11H23NO2Si/c1-11(2,3)15(4,5)14-12-8-6-7-10(12)9-13/h9-10H,6-8H2,1-5H3. The Labute approximate surface area is 93.9 Å². The lowest BCUT2D eigenvalue weighted by molar-refractivity contribution is -0.127. The van der Waals surface area contributed by atoms with Crippen LogP contribution in [0.15, 0.2) is 0 Å². The first-order valence-electron chi connectivity index (χ1n) is 5.69. The van der Waals surface area contributed by atoms with Crippen LogP contribution in [0, 0.1) is 0 Å². The van der Waals surface area contributed by atoms with Crippen LogP contribution in [0.2, 0.25) is 18.1 Å². The first-order chi connectivity index (χ1) is 6.78. The van der Waals surface area contributed by atoms with Crippen molar-refractivity contribution >= 4 is 14.6 Å². The van der Waals surface area contributed by atoms with Gasteiger partial charge in [0.2, 0.25) is 8.32 Å². The first kappa shape index (κ1) is 12.9. The van der Waals surface area contributed by atoms with Gasteiger partial charge >= 0.3 is 0 Å². The van der Waals surface area contributed by atoms with Crippen LogP contribution in [0.5, 0.6) is 0 Å². The molecule has 1 atom stereocenters. The van der Waals surface area contributed by atoms with Gasteiger partial charge in [0, 0.05) is 6.54 Å². The van der Waals surface area contributed by atoms with Crippen LogP contribution in [0.25, 0.3) is 0 Å². The van der Waals surface area contributed by atoms with Crippen molar-refractivity contribution in [3.63, 3.8) is 0 Å². The number of carbonyl (C=O) groups is 1. The molecule has 1 heterocycles. The predicted molar refractivity (Wildman–Crippen MR) is 64.1 cm³/mol. The van der Waals surface area contributed by atoms with E-state index in [0.29, 0.717) is 0 Å². The normalized spacial score (nSPS) is 24.5. The zero-order valence-corrected chi connectivity index (χ0v) is 11.5. The van der Waals surface area contributed by atoms with Crippen LogP contribution < -0.4 is 0 Å². The first-order valence-corrected chi connectivity index (χ1v) is 8.60. The van der Waals surface area contributed by atoms with Crippen LogP contribution in [0.4, 0.5) is 0 Å². The number of hydroxylamine groups is 2. The summed E-state index contributed by atoms with van der Waals surface area (Å²) in [6.07, 6.45) is 3.02. The molecule has 88 valence electrons. The van der Waals surface area contributed by atoms with Crippen molar-refractivity contribution in [2.45, 2.75) is 57.8 Å². The fourth-order valence-corrected chi connectivity index (χ4v) is 2.53. The van der Waals surface area contributed by atoms with Crippen molar-refractivity contribution < 1.29 is 9.32 Å². The Morgan fingerprint density at radius 2 is 2.00 bits per heavy atom. The van der Waals surface area contributed by atoms with Crippen molar-refractivity contribution in [2.24, 2.45) is 0 Å². The maximum Gasteiger partial charge on any atom is 0.220 e. The second-order valence-corrected chi connectivity index (χ2v) is 10.5. The van der Waals surface area contributed by atoms with E-state index in [-0.39, 0.29) is 11.1 Å². The summed E-state index contributed by atoms with van der Waals surface area (Å²) in [5.74, 6) is 0. The van der Waals surface area contributed by atoms with E-state index in [1.165, 1.54) is 0 Å². The number of hydrogen-bond acceptors (Lipinski definition) is 3. The van der Waals surface area contributed by atoms with Crippen LogP contribution >= 0.6 is 0 Å². The van der Waals surface area contributed by atoms with Crippen LogP contribution in [0.1, 0.15) is 33.6 Å². The van der Waals surface area contributed by atoms with Gasteiger partial charge in [0.15, 0.2) is 0 Å². The summed E-state index contributed by atoms with van der Waals surface area (Å²) in [5, 5.41) is 2.10. The lowest BCUT2D eigenvalue weighted by atomic mass is 10.2. The van der Waals surface area contributed by atoms with E-state index >= 15 is 0 Å². The fourth-order valence-electron chi connectivity index (χ4n) is 1.45. The van der Waals surface area contributed by atoms with Gasteiger partial charge in [-0.05, 0) is 31.0 Å². The topological polar surface area (TPSA) is 29.5 Å². The highest BCUT2D eigenvalue weighted by molar-refractivity contribution is 6.74.